The molecule has 1 N–H and O–H groups in total. The number of nitrogens with one attached hydrogen (secondary N) is 1. The van der Waals surface area contributed by atoms with Crippen LogP contribution in [0.4, 0.5) is 5.69 Å². The van der Waals surface area contributed by atoms with E-state index in [4.69, 9.17) is 9.47 Å². The summed E-state index contributed by atoms with van der Waals surface area (Å²) in [5, 5.41) is 2.85. The molecule has 2 aromatic heterocycles. The number of hydrogen-bond donors (Lipinski definition) is 1. The lowest BCUT2D eigenvalue weighted by Crippen LogP contribution is -2.24. The summed E-state index contributed by atoms with van der Waals surface area (Å²) in [6, 6.07) is 14.8. The van der Waals surface area contributed by atoms with Gasteiger partial charge in [-0.3, -0.25) is 14.2 Å². The van der Waals surface area contributed by atoms with E-state index in [1.54, 1.807) is 42.4 Å². The Hall–Kier alpha value is -4.07. The van der Waals surface area contributed by atoms with Gasteiger partial charge in [0.2, 0.25) is 5.91 Å². The highest BCUT2D eigenvalue weighted by Gasteiger charge is 2.18. The maximum Gasteiger partial charge on any atom is 0.277 e. The van der Waals surface area contributed by atoms with E-state index in [0.29, 0.717) is 34.8 Å². The lowest BCUT2D eigenvalue weighted by molar-refractivity contribution is -0.116. The van der Waals surface area contributed by atoms with Gasteiger partial charge in [-0.2, -0.15) is 0 Å². The van der Waals surface area contributed by atoms with Crippen LogP contribution in [0.15, 0.2) is 65.8 Å². The van der Waals surface area contributed by atoms with Crippen molar-refractivity contribution in [2.75, 3.05) is 19.5 Å². The Balaban J connectivity index is 1.74. The molecule has 8 heteroatoms. The molecule has 0 saturated heterocycles. The van der Waals surface area contributed by atoms with Crippen LogP contribution in [0, 0.1) is 0 Å². The van der Waals surface area contributed by atoms with Gasteiger partial charge >= 0.3 is 0 Å². The predicted octanol–water partition coefficient (Wildman–Crippen LogP) is 3.54. The number of ether oxygens (including phenoxy) is 2. The lowest BCUT2D eigenvalue weighted by atomic mass is 10.1. The molecule has 0 fully saturated rings. The van der Waals surface area contributed by atoms with Gasteiger partial charge in [0.1, 0.15) is 29.1 Å². The third kappa shape index (κ3) is 3.94. The number of amides is 1. The molecule has 32 heavy (non-hydrogen) atoms. The molecule has 0 saturated carbocycles. The Morgan fingerprint density at radius 3 is 2.53 bits per heavy atom. The van der Waals surface area contributed by atoms with Gasteiger partial charge in [-0.15, -0.1) is 0 Å². The first kappa shape index (κ1) is 21.2. The van der Waals surface area contributed by atoms with Crippen LogP contribution in [0.3, 0.4) is 0 Å². The molecular formula is C24H24N4O4. The Bertz CT molecular complexity index is 1330. The highest BCUT2D eigenvalue weighted by Crippen LogP contribution is 2.30. The van der Waals surface area contributed by atoms with Crippen molar-refractivity contribution in [3.63, 3.8) is 0 Å². The largest absolute Gasteiger partial charge is 0.497 e. The quantitative estimate of drug-likeness (QED) is 0.483. The van der Waals surface area contributed by atoms with E-state index in [2.05, 4.69) is 10.3 Å². The molecule has 0 aliphatic rings. The number of aromatic nitrogens is 3. The van der Waals surface area contributed by atoms with Crippen molar-refractivity contribution in [1.82, 2.24) is 14.1 Å². The second kappa shape index (κ2) is 8.97. The van der Waals surface area contributed by atoms with Gasteiger partial charge in [-0.05, 0) is 24.6 Å². The monoisotopic (exact) mass is 432 g/mol. The zero-order chi connectivity index (χ0) is 22.7. The van der Waals surface area contributed by atoms with Crippen LogP contribution in [-0.2, 0) is 17.9 Å². The van der Waals surface area contributed by atoms with Crippen LogP contribution in [-0.4, -0.2) is 34.2 Å². The van der Waals surface area contributed by atoms with Crippen molar-refractivity contribution in [2.24, 2.45) is 0 Å². The number of fused-ring (bicyclic) bond motifs is 1. The van der Waals surface area contributed by atoms with Crippen LogP contribution in [0.1, 0.15) is 6.92 Å². The summed E-state index contributed by atoms with van der Waals surface area (Å²) in [4.78, 5) is 30.6. The maximum absolute atomic E-state index is 13.1. The highest BCUT2D eigenvalue weighted by molar-refractivity contribution is 5.96. The van der Waals surface area contributed by atoms with E-state index in [0.717, 1.165) is 11.1 Å². The molecule has 0 spiro atoms. The molecule has 0 bridgehead atoms. The number of carbonyl (C=O) groups is 1. The molecule has 2 aromatic carbocycles. The lowest BCUT2D eigenvalue weighted by Gasteiger charge is -2.12. The Morgan fingerprint density at radius 1 is 1.06 bits per heavy atom. The molecule has 2 heterocycles. The zero-order valence-electron chi connectivity index (χ0n) is 18.2. The molecule has 0 aliphatic heterocycles. The molecular weight excluding hydrogens is 408 g/mol. The van der Waals surface area contributed by atoms with Gasteiger partial charge in [0.25, 0.3) is 5.56 Å². The first-order valence-electron chi connectivity index (χ1n) is 10.2. The van der Waals surface area contributed by atoms with Crippen LogP contribution < -0.4 is 20.3 Å². The second-order valence-electron chi connectivity index (χ2n) is 7.18. The van der Waals surface area contributed by atoms with Crippen molar-refractivity contribution in [3.8, 4) is 22.6 Å². The van der Waals surface area contributed by atoms with Crippen LogP contribution in [0.25, 0.3) is 22.2 Å². The SMILES string of the molecule is CCn1cnc2c(-c3ccccc3)cn(CC(=O)Nc3cc(OC)ccc3OC)c2c1=O. The molecule has 164 valence electrons. The topological polar surface area (TPSA) is 87.4 Å². The zero-order valence-corrected chi connectivity index (χ0v) is 18.2. The van der Waals surface area contributed by atoms with E-state index in [1.807, 2.05) is 37.3 Å². The number of carbonyl (C=O) groups excluding carboxylic acids is 1. The molecule has 4 aromatic rings. The number of hydrogen-bond acceptors (Lipinski definition) is 5. The minimum atomic E-state index is -0.306. The minimum absolute atomic E-state index is 0.0612. The van der Waals surface area contributed by atoms with Crippen molar-refractivity contribution in [1.29, 1.82) is 0 Å². The Kier molecular flexibility index (Phi) is 5.93. The minimum Gasteiger partial charge on any atom is -0.497 e. The first-order valence-corrected chi connectivity index (χ1v) is 10.2. The van der Waals surface area contributed by atoms with E-state index in [9.17, 15) is 9.59 Å². The van der Waals surface area contributed by atoms with E-state index in [1.165, 1.54) is 11.7 Å². The molecule has 0 atom stereocenters. The number of anilines is 1. The van der Waals surface area contributed by atoms with Gasteiger partial charge in [0, 0.05) is 24.4 Å². The summed E-state index contributed by atoms with van der Waals surface area (Å²) in [6.07, 6.45) is 3.35. The fourth-order valence-corrected chi connectivity index (χ4v) is 3.65. The van der Waals surface area contributed by atoms with Crippen LogP contribution in [0.5, 0.6) is 11.5 Å². The second-order valence-corrected chi connectivity index (χ2v) is 7.18. The van der Waals surface area contributed by atoms with E-state index >= 15 is 0 Å². The van der Waals surface area contributed by atoms with Crippen LogP contribution in [0.2, 0.25) is 0 Å². The van der Waals surface area contributed by atoms with Crippen molar-refractivity contribution < 1.29 is 14.3 Å². The molecule has 4 rings (SSSR count). The highest BCUT2D eigenvalue weighted by atomic mass is 16.5. The van der Waals surface area contributed by atoms with E-state index in [-0.39, 0.29) is 18.0 Å². The smallest absolute Gasteiger partial charge is 0.277 e. The third-order valence-electron chi connectivity index (χ3n) is 5.26. The predicted molar refractivity (Wildman–Crippen MR) is 123 cm³/mol. The maximum atomic E-state index is 13.1. The van der Waals surface area contributed by atoms with Gasteiger partial charge in [-0.1, -0.05) is 30.3 Å². The fourth-order valence-electron chi connectivity index (χ4n) is 3.65. The summed E-state index contributed by atoms with van der Waals surface area (Å²) >= 11 is 0. The van der Waals surface area contributed by atoms with Crippen molar-refractivity contribution in [2.45, 2.75) is 20.0 Å². The first-order chi connectivity index (χ1) is 15.5. The Labute approximate surface area is 185 Å². The molecule has 0 radical (unpaired) electrons. The molecule has 8 nitrogen and oxygen atoms in total. The summed E-state index contributed by atoms with van der Waals surface area (Å²) in [5.74, 6) is 0.796. The average molecular weight is 432 g/mol. The number of nitrogens with zero attached hydrogens (tertiary/aromatic N) is 3. The normalized spacial score (nSPS) is 10.8. The number of methoxy groups -OCH3 is 2. The third-order valence-corrected chi connectivity index (χ3v) is 5.26. The number of benzene rings is 2. The summed E-state index contributed by atoms with van der Waals surface area (Å²) in [5.41, 5.74) is 2.98. The van der Waals surface area contributed by atoms with Crippen molar-refractivity contribution >= 4 is 22.6 Å². The van der Waals surface area contributed by atoms with Gasteiger partial charge in [-0.25, -0.2) is 4.98 Å². The van der Waals surface area contributed by atoms with Gasteiger partial charge in [0.05, 0.1) is 26.2 Å². The number of rotatable bonds is 7. The fraction of sp³-hybridized carbons (Fsp3) is 0.208. The number of aryl methyl sites for hydroxylation is 1. The molecule has 1 amide bonds. The summed E-state index contributed by atoms with van der Waals surface area (Å²) < 4.78 is 13.8. The Morgan fingerprint density at radius 2 is 1.84 bits per heavy atom. The van der Waals surface area contributed by atoms with Crippen LogP contribution >= 0.6 is 0 Å². The average Bonchev–Trinajstić information content (AvgIpc) is 3.18. The van der Waals surface area contributed by atoms with E-state index < -0.39 is 0 Å². The summed E-state index contributed by atoms with van der Waals surface area (Å²) in [6.45, 7) is 2.30. The summed E-state index contributed by atoms with van der Waals surface area (Å²) in [7, 11) is 3.08. The molecule has 0 aliphatic carbocycles. The van der Waals surface area contributed by atoms with Crippen molar-refractivity contribution in [3.05, 3.63) is 71.4 Å². The van der Waals surface area contributed by atoms with Gasteiger partial charge in [0.15, 0.2) is 0 Å². The standard InChI is InChI=1S/C24H24N4O4/c1-4-27-15-25-22-18(16-8-6-5-7-9-16)13-28(23(22)24(27)30)14-21(29)26-19-12-17(31-2)10-11-20(19)32-3/h5-13,15H,4,14H2,1-3H3,(H,26,29). The molecule has 0 unspecified atom stereocenters. The van der Waals surface area contributed by atoms with Gasteiger partial charge < -0.3 is 19.4 Å².